The third-order valence-electron chi connectivity index (χ3n) is 2.44. The van der Waals surface area contributed by atoms with Crippen LogP contribution in [-0.2, 0) is 6.54 Å². The smallest absolute Gasteiger partial charge is 0.139 e. The second-order valence-electron chi connectivity index (χ2n) is 3.75. The molecule has 17 heavy (non-hydrogen) atoms. The fraction of sp³-hybridized carbons (Fsp3) is 0.250. The van der Waals surface area contributed by atoms with Gasteiger partial charge in [-0.1, -0.05) is 11.6 Å². The quantitative estimate of drug-likeness (QED) is 0.868. The molecule has 0 fully saturated rings. The van der Waals surface area contributed by atoms with Crippen LogP contribution in [-0.4, -0.2) is 32.5 Å². The monoisotopic (exact) mass is 252 g/mol. The first-order valence-corrected chi connectivity index (χ1v) is 5.64. The van der Waals surface area contributed by atoms with Crippen LogP contribution in [0.1, 0.15) is 0 Å². The predicted molar refractivity (Wildman–Crippen MR) is 65.8 cm³/mol. The van der Waals surface area contributed by atoms with Gasteiger partial charge in [-0.25, -0.2) is 4.98 Å². The summed E-state index contributed by atoms with van der Waals surface area (Å²) in [6.45, 7) is 0.0483. The number of aliphatic hydroxyl groups excluding tert-OH is 2. The Morgan fingerprint density at radius 2 is 2.00 bits per heavy atom. The zero-order chi connectivity index (χ0) is 12.3. The van der Waals surface area contributed by atoms with Crippen LogP contribution in [0.4, 0.5) is 0 Å². The highest BCUT2D eigenvalue weighted by atomic mass is 35.5. The van der Waals surface area contributed by atoms with Gasteiger partial charge in [0.05, 0.1) is 19.3 Å². The van der Waals surface area contributed by atoms with Crippen molar-refractivity contribution < 1.29 is 10.2 Å². The molecule has 2 N–H and O–H groups in total. The van der Waals surface area contributed by atoms with Gasteiger partial charge < -0.3 is 14.8 Å². The summed E-state index contributed by atoms with van der Waals surface area (Å²) in [5, 5.41) is 18.9. The molecule has 0 amide bonds. The van der Waals surface area contributed by atoms with Crippen molar-refractivity contribution in [2.24, 2.45) is 0 Å². The summed E-state index contributed by atoms with van der Waals surface area (Å²) in [5.41, 5.74) is 0.921. The third-order valence-corrected chi connectivity index (χ3v) is 2.69. The number of aromatic nitrogens is 2. The molecule has 1 atom stereocenters. The number of hydrogen-bond acceptors (Lipinski definition) is 3. The maximum absolute atomic E-state index is 9.43. The van der Waals surface area contributed by atoms with Crippen molar-refractivity contribution in [1.82, 2.24) is 9.55 Å². The van der Waals surface area contributed by atoms with E-state index in [0.29, 0.717) is 11.6 Å². The van der Waals surface area contributed by atoms with Gasteiger partial charge in [0, 0.05) is 23.0 Å². The van der Waals surface area contributed by atoms with Crippen LogP contribution in [0, 0.1) is 0 Å². The van der Waals surface area contributed by atoms with E-state index in [1.807, 2.05) is 12.1 Å². The lowest BCUT2D eigenvalue weighted by molar-refractivity contribution is 0.0816. The number of hydrogen-bond donors (Lipinski definition) is 2. The van der Waals surface area contributed by atoms with Crippen molar-refractivity contribution in [2.75, 3.05) is 6.61 Å². The molecule has 5 heteroatoms. The molecular formula is C12H13ClN2O2. The maximum Gasteiger partial charge on any atom is 0.139 e. The van der Waals surface area contributed by atoms with Crippen LogP contribution in [0.25, 0.3) is 11.4 Å². The summed E-state index contributed by atoms with van der Waals surface area (Å²) < 4.78 is 1.80. The van der Waals surface area contributed by atoms with Gasteiger partial charge in [-0.3, -0.25) is 0 Å². The lowest BCUT2D eigenvalue weighted by Gasteiger charge is -2.11. The predicted octanol–water partition coefficient (Wildman–Crippen LogP) is 1.56. The number of imidazole rings is 1. The molecule has 1 aromatic heterocycles. The van der Waals surface area contributed by atoms with E-state index >= 15 is 0 Å². The van der Waals surface area contributed by atoms with Crippen molar-refractivity contribution in [3.8, 4) is 11.4 Å². The Balaban J connectivity index is 2.27. The Kier molecular flexibility index (Phi) is 3.78. The molecule has 90 valence electrons. The number of benzene rings is 1. The summed E-state index contributed by atoms with van der Waals surface area (Å²) in [6, 6.07) is 7.32. The Morgan fingerprint density at radius 1 is 1.29 bits per heavy atom. The minimum Gasteiger partial charge on any atom is -0.394 e. The molecule has 1 heterocycles. The van der Waals surface area contributed by atoms with E-state index in [-0.39, 0.29) is 6.61 Å². The molecule has 0 aliphatic heterocycles. The van der Waals surface area contributed by atoms with Crippen molar-refractivity contribution >= 4 is 11.6 Å². The molecule has 0 bridgehead atoms. The fourth-order valence-corrected chi connectivity index (χ4v) is 1.73. The lowest BCUT2D eigenvalue weighted by Crippen LogP contribution is -2.19. The van der Waals surface area contributed by atoms with E-state index in [0.717, 1.165) is 11.4 Å². The molecule has 4 nitrogen and oxygen atoms in total. The lowest BCUT2D eigenvalue weighted by atomic mass is 10.2. The van der Waals surface area contributed by atoms with Crippen molar-refractivity contribution in [1.29, 1.82) is 0 Å². The normalized spacial score (nSPS) is 12.6. The van der Waals surface area contributed by atoms with E-state index in [9.17, 15) is 5.11 Å². The van der Waals surface area contributed by atoms with E-state index in [2.05, 4.69) is 4.98 Å². The van der Waals surface area contributed by atoms with Gasteiger partial charge in [0.15, 0.2) is 0 Å². The first-order chi connectivity index (χ1) is 8.20. The van der Waals surface area contributed by atoms with Crippen molar-refractivity contribution in [3.63, 3.8) is 0 Å². The van der Waals surface area contributed by atoms with Gasteiger partial charge in [-0.2, -0.15) is 0 Å². The van der Waals surface area contributed by atoms with Gasteiger partial charge in [-0.05, 0) is 24.3 Å². The highest BCUT2D eigenvalue weighted by Gasteiger charge is 2.09. The van der Waals surface area contributed by atoms with Gasteiger partial charge in [0.25, 0.3) is 0 Å². The highest BCUT2D eigenvalue weighted by Crippen LogP contribution is 2.20. The van der Waals surface area contributed by atoms with Crippen molar-refractivity contribution in [2.45, 2.75) is 12.6 Å². The molecule has 0 spiro atoms. The Bertz CT molecular complexity index is 482. The molecule has 1 aromatic carbocycles. The number of nitrogens with zero attached hydrogens (tertiary/aromatic N) is 2. The van der Waals surface area contributed by atoms with Crippen LogP contribution in [0.5, 0.6) is 0 Å². The van der Waals surface area contributed by atoms with Crippen LogP contribution in [0.3, 0.4) is 0 Å². The van der Waals surface area contributed by atoms with Crippen LogP contribution in [0.2, 0.25) is 5.02 Å². The molecule has 2 rings (SSSR count). The summed E-state index contributed by atoms with van der Waals surface area (Å²) >= 11 is 5.82. The minimum absolute atomic E-state index is 0.266. The van der Waals surface area contributed by atoms with Gasteiger partial charge in [0.2, 0.25) is 0 Å². The molecule has 0 aliphatic rings. The number of rotatable bonds is 4. The van der Waals surface area contributed by atoms with Crippen LogP contribution in [0.15, 0.2) is 36.7 Å². The molecule has 0 saturated heterocycles. The van der Waals surface area contributed by atoms with Gasteiger partial charge in [-0.15, -0.1) is 0 Å². The van der Waals surface area contributed by atoms with Crippen LogP contribution < -0.4 is 0 Å². The Hall–Kier alpha value is -1.36. The molecule has 0 radical (unpaired) electrons. The Morgan fingerprint density at radius 3 is 2.65 bits per heavy atom. The molecular weight excluding hydrogens is 240 g/mol. The summed E-state index contributed by atoms with van der Waals surface area (Å²) in [6.07, 6.45) is 2.65. The van der Waals surface area contributed by atoms with Crippen molar-refractivity contribution in [3.05, 3.63) is 41.7 Å². The van der Waals surface area contributed by atoms with E-state index in [4.69, 9.17) is 16.7 Å². The standard InChI is InChI=1S/C12H13ClN2O2/c13-10-3-1-9(2-4-10)12-14-5-6-15(12)7-11(17)8-16/h1-6,11,16-17H,7-8H2. The summed E-state index contributed by atoms with van der Waals surface area (Å²) in [5.74, 6) is 0.745. The fourth-order valence-electron chi connectivity index (χ4n) is 1.60. The van der Waals surface area contributed by atoms with Crippen LogP contribution >= 0.6 is 11.6 Å². The maximum atomic E-state index is 9.43. The number of aliphatic hydroxyl groups is 2. The molecule has 1 unspecified atom stereocenters. The average molecular weight is 253 g/mol. The SMILES string of the molecule is OCC(O)Cn1ccnc1-c1ccc(Cl)cc1. The second kappa shape index (κ2) is 5.31. The minimum atomic E-state index is -0.782. The zero-order valence-electron chi connectivity index (χ0n) is 9.12. The molecule has 2 aromatic rings. The van der Waals surface area contributed by atoms with E-state index in [1.54, 1.807) is 29.1 Å². The topological polar surface area (TPSA) is 58.3 Å². The first-order valence-electron chi connectivity index (χ1n) is 5.26. The summed E-state index contributed by atoms with van der Waals surface area (Å²) in [7, 11) is 0. The van der Waals surface area contributed by atoms with E-state index < -0.39 is 6.10 Å². The Labute approximate surface area is 104 Å². The highest BCUT2D eigenvalue weighted by molar-refractivity contribution is 6.30. The van der Waals surface area contributed by atoms with Gasteiger partial charge in [0.1, 0.15) is 5.82 Å². The molecule has 0 aliphatic carbocycles. The van der Waals surface area contributed by atoms with E-state index in [1.165, 1.54) is 0 Å². The first kappa shape index (κ1) is 12.1. The largest absolute Gasteiger partial charge is 0.394 e. The molecule has 0 saturated carbocycles. The van der Waals surface area contributed by atoms with Gasteiger partial charge >= 0.3 is 0 Å². The third kappa shape index (κ3) is 2.85. The summed E-state index contributed by atoms with van der Waals surface area (Å²) in [4.78, 5) is 4.23. The average Bonchev–Trinajstić information content (AvgIpc) is 2.78. The number of halogens is 1. The second-order valence-corrected chi connectivity index (χ2v) is 4.18. The zero-order valence-corrected chi connectivity index (χ0v) is 9.88.